The van der Waals surface area contributed by atoms with E-state index < -0.39 is 11.7 Å². The van der Waals surface area contributed by atoms with Gasteiger partial charge in [0.05, 0.1) is 11.9 Å². The van der Waals surface area contributed by atoms with Crippen LogP contribution in [-0.4, -0.2) is 40.7 Å². The number of aromatic carboxylic acids is 1. The van der Waals surface area contributed by atoms with Crippen molar-refractivity contribution in [3.05, 3.63) is 34.5 Å². The van der Waals surface area contributed by atoms with E-state index in [2.05, 4.69) is 20.4 Å². The van der Waals surface area contributed by atoms with Crippen LogP contribution in [0, 0.1) is 0 Å². The summed E-state index contributed by atoms with van der Waals surface area (Å²) in [7, 11) is 0. The van der Waals surface area contributed by atoms with Gasteiger partial charge in [-0.25, -0.2) is 19.4 Å². The largest absolute Gasteiger partial charge is 0.476 e. The number of hydrogen-bond donors (Lipinski definition) is 3. The number of carboxylic acids is 1. The number of anilines is 1. The number of carbonyl (C=O) groups is 1. The standard InChI is InChI=1S/C9H7N7O3/c10-4-3-15(14-7(4)8(17)18)6-2-1-5-11-12-9(19)16(5)13-6/h1-3H,10H2,(H,12,19)(H,17,18). The Balaban J connectivity index is 2.18. The van der Waals surface area contributed by atoms with Gasteiger partial charge in [0, 0.05) is 0 Å². The minimum atomic E-state index is -1.24. The van der Waals surface area contributed by atoms with Gasteiger partial charge < -0.3 is 10.8 Å². The number of nitrogens with zero attached hydrogens (tertiary/aromatic N) is 5. The minimum Gasteiger partial charge on any atom is -0.476 e. The van der Waals surface area contributed by atoms with E-state index >= 15 is 0 Å². The van der Waals surface area contributed by atoms with Gasteiger partial charge in [0.1, 0.15) is 0 Å². The molecule has 3 aromatic heterocycles. The number of nitrogen functional groups attached to an aromatic ring is 1. The molecule has 0 atom stereocenters. The molecule has 0 radical (unpaired) electrons. The van der Waals surface area contributed by atoms with Crippen molar-refractivity contribution >= 4 is 17.3 Å². The third kappa shape index (κ3) is 1.62. The maximum Gasteiger partial charge on any atom is 0.364 e. The van der Waals surface area contributed by atoms with Crippen molar-refractivity contribution in [1.82, 2.24) is 29.6 Å². The summed E-state index contributed by atoms with van der Waals surface area (Å²) in [6.07, 6.45) is 1.31. The smallest absolute Gasteiger partial charge is 0.364 e. The molecule has 3 rings (SSSR count). The highest BCUT2D eigenvalue weighted by molar-refractivity contribution is 5.91. The van der Waals surface area contributed by atoms with Crippen LogP contribution in [-0.2, 0) is 0 Å². The lowest BCUT2D eigenvalue weighted by atomic mass is 10.4. The number of aromatic amines is 1. The Hall–Kier alpha value is -3.17. The molecule has 10 heteroatoms. The fourth-order valence-corrected chi connectivity index (χ4v) is 1.59. The average Bonchev–Trinajstić information content (AvgIpc) is 2.93. The monoisotopic (exact) mass is 261 g/mol. The van der Waals surface area contributed by atoms with Crippen LogP contribution in [0.2, 0.25) is 0 Å². The Bertz CT molecular complexity index is 843. The summed E-state index contributed by atoms with van der Waals surface area (Å²) in [4.78, 5) is 22.2. The molecule has 0 bridgehead atoms. The maximum absolute atomic E-state index is 11.4. The Morgan fingerprint density at radius 1 is 1.37 bits per heavy atom. The summed E-state index contributed by atoms with van der Waals surface area (Å²) in [5.41, 5.74) is 5.09. The Kier molecular flexibility index (Phi) is 2.11. The number of nitrogens with one attached hydrogen (secondary N) is 1. The molecule has 0 aliphatic rings. The van der Waals surface area contributed by atoms with E-state index in [1.807, 2.05) is 0 Å². The van der Waals surface area contributed by atoms with Crippen LogP contribution in [0.3, 0.4) is 0 Å². The lowest BCUT2D eigenvalue weighted by Gasteiger charge is -1.98. The van der Waals surface area contributed by atoms with Crippen molar-refractivity contribution in [2.24, 2.45) is 0 Å². The summed E-state index contributed by atoms with van der Waals surface area (Å²) in [5, 5.41) is 22.6. The minimum absolute atomic E-state index is 0.00828. The molecule has 19 heavy (non-hydrogen) atoms. The van der Waals surface area contributed by atoms with Crippen LogP contribution in [0.15, 0.2) is 23.1 Å². The molecular weight excluding hydrogens is 254 g/mol. The van der Waals surface area contributed by atoms with Crippen LogP contribution in [0.4, 0.5) is 5.69 Å². The lowest BCUT2D eigenvalue weighted by Crippen LogP contribution is -2.14. The van der Waals surface area contributed by atoms with Gasteiger partial charge in [-0.2, -0.15) is 14.7 Å². The molecule has 10 nitrogen and oxygen atoms in total. The zero-order chi connectivity index (χ0) is 13.6. The highest BCUT2D eigenvalue weighted by Gasteiger charge is 2.15. The molecule has 0 saturated heterocycles. The summed E-state index contributed by atoms with van der Waals surface area (Å²) < 4.78 is 2.21. The third-order valence-electron chi connectivity index (χ3n) is 2.44. The zero-order valence-corrected chi connectivity index (χ0v) is 9.31. The molecule has 4 N–H and O–H groups in total. The molecule has 3 heterocycles. The number of rotatable bonds is 2. The van der Waals surface area contributed by atoms with E-state index in [1.54, 1.807) is 6.07 Å². The first-order chi connectivity index (χ1) is 9.06. The number of carboxylic acid groups (broad SMARTS) is 1. The molecule has 0 amide bonds. The quantitative estimate of drug-likeness (QED) is 0.530. The highest BCUT2D eigenvalue weighted by atomic mass is 16.4. The van der Waals surface area contributed by atoms with E-state index in [0.717, 1.165) is 4.52 Å². The number of fused-ring (bicyclic) bond motifs is 1. The predicted molar refractivity (Wildman–Crippen MR) is 62.1 cm³/mol. The van der Waals surface area contributed by atoms with E-state index in [-0.39, 0.29) is 17.2 Å². The third-order valence-corrected chi connectivity index (χ3v) is 2.44. The van der Waals surface area contributed by atoms with Gasteiger partial charge in [-0.15, -0.1) is 5.10 Å². The van der Waals surface area contributed by atoms with Crippen LogP contribution in [0.25, 0.3) is 11.5 Å². The average molecular weight is 261 g/mol. The van der Waals surface area contributed by atoms with Crippen molar-refractivity contribution in [2.75, 3.05) is 5.73 Å². The van der Waals surface area contributed by atoms with Crippen molar-refractivity contribution in [3.8, 4) is 5.82 Å². The van der Waals surface area contributed by atoms with Gasteiger partial charge >= 0.3 is 11.7 Å². The molecule has 0 fully saturated rings. The molecule has 3 aromatic rings. The summed E-state index contributed by atoms with van der Waals surface area (Å²) in [5.74, 6) is -0.993. The van der Waals surface area contributed by atoms with Crippen molar-refractivity contribution in [1.29, 1.82) is 0 Å². The second-order valence-electron chi connectivity index (χ2n) is 3.67. The summed E-state index contributed by atoms with van der Waals surface area (Å²) in [6.45, 7) is 0. The van der Waals surface area contributed by atoms with Crippen LogP contribution >= 0.6 is 0 Å². The first-order valence-corrected chi connectivity index (χ1v) is 5.09. The highest BCUT2D eigenvalue weighted by Crippen LogP contribution is 2.12. The number of hydrogen-bond acceptors (Lipinski definition) is 6. The molecule has 0 aliphatic heterocycles. The van der Waals surface area contributed by atoms with Crippen molar-refractivity contribution in [2.45, 2.75) is 0 Å². The van der Waals surface area contributed by atoms with Gasteiger partial charge in [0.15, 0.2) is 17.2 Å². The first kappa shape index (κ1) is 11.0. The second kappa shape index (κ2) is 3.66. The molecule has 96 valence electrons. The molecule has 0 aromatic carbocycles. The summed E-state index contributed by atoms with van der Waals surface area (Å²) >= 11 is 0. The van der Waals surface area contributed by atoms with E-state index in [0.29, 0.717) is 5.65 Å². The molecular formula is C9H7N7O3. The molecule has 0 saturated carbocycles. The fraction of sp³-hybridized carbons (Fsp3) is 0. The van der Waals surface area contributed by atoms with E-state index in [9.17, 15) is 9.59 Å². The predicted octanol–water partition coefficient (Wildman–Crippen LogP) is -1.12. The molecule has 0 spiro atoms. The lowest BCUT2D eigenvalue weighted by molar-refractivity contribution is 0.0691. The topological polar surface area (TPSA) is 144 Å². The van der Waals surface area contributed by atoms with E-state index in [1.165, 1.54) is 16.9 Å². The van der Waals surface area contributed by atoms with E-state index in [4.69, 9.17) is 10.8 Å². The van der Waals surface area contributed by atoms with Crippen LogP contribution in [0.5, 0.6) is 0 Å². The van der Waals surface area contributed by atoms with Crippen LogP contribution in [0.1, 0.15) is 10.5 Å². The number of H-pyrrole nitrogens is 1. The van der Waals surface area contributed by atoms with Crippen molar-refractivity contribution < 1.29 is 9.90 Å². The molecule has 0 unspecified atom stereocenters. The molecule has 0 aliphatic carbocycles. The summed E-state index contributed by atoms with van der Waals surface area (Å²) in [6, 6.07) is 3.08. The number of nitrogens with two attached hydrogens (primary N) is 1. The number of aromatic nitrogens is 6. The SMILES string of the molecule is Nc1cn(-c2ccc3n[nH]c(=O)n3n2)nc1C(=O)O. The normalized spacial score (nSPS) is 10.9. The Morgan fingerprint density at radius 3 is 2.84 bits per heavy atom. The van der Waals surface area contributed by atoms with Gasteiger partial charge in [-0.05, 0) is 12.1 Å². The Morgan fingerprint density at radius 2 is 2.16 bits per heavy atom. The fourth-order valence-electron chi connectivity index (χ4n) is 1.59. The van der Waals surface area contributed by atoms with Gasteiger partial charge in [-0.3, -0.25) is 0 Å². The first-order valence-electron chi connectivity index (χ1n) is 5.09. The zero-order valence-electron chi connectivity index (χ0n) is 9.31. The second-order valence-corrected chi connectivity index (χ2v) is 3.67. The Labute approximate surface area is 104 Å². The van der Waals surface area contributed by atoms with Gasteiger partial charge in [-0.1, -0.05) is 0 Å². The van der Waals surface area contributed by atoms with Gasteiger partial charge in [0.25, 0.3) is 0 Å². The van der Waals surface area contributed by atoms with Crippen LogP contribution < -0.4 is 11.4 Å². The van der Waals surface area contributed by atoms with Crippen molar-refractivity contribution in [3.63, 3.8) is 0 Å². The van der Waals surface area contributed by atoms with Gasteiger partial charge in [0.2, 0.25) is 0 Å². The maximum atomic E-state index is 11.4.